The Morgan fingerprint density at radius 3 is 2.64 bits per heavy atom. The summed E-state index contributed by atoms with van der Waals surface area (Å²) in [5.41, 5.74) is 0.318. The van der Waals surface area contributed by atoms with Crippen LogP contribution in [0, 0.1) is 17.3 Å². The fourth-order valence-corrected chi connectivity index (χ4v) is 4.27. The second-order valence-corrected chi connectivity index (χ2v) is 5.47. The van der Waals surface area contributed by atoms with E-state index in [2.05, 4.69) is 6.92 Å². The predicted molar refractivity (Wildman–Crippen MR) is 43.1 cm³/mol. The van der Waals surface area contributed by atoms with Crippen LogP contribution in [0.25, 0.3) is 0 Å². The van der Waals surface area contributed by atoms with Crippen molar-refractivity contribution in [2.24, 2.45) is 17.3 Å². The standard InChI is InChI=1S/C10H16O/c1-9-3-7-2-8(9)5-10(11,4-7)6-9/h7-8,11H,2-6H2,1H3. The van der Waals surface area contributed by atoms with Crippen LogP contribution in [0.1, 0.15) is 39.0 Å². The fourth-order valence-electron chi connectivity index (χ4n) is 4.27. The number of rotatable bonds is 0. The van der Waals surface area contributed by atoms with Gasteiger partial charge < -0.3 is 5.11 Å². The first-order chi connectivity index (χ1) is 5.10. The van der Waals surface area contributed by atoms with Gasteiger partial charge in [0.1, 0.15) is 0 Å². The molecule has 62 valence electrons. The van der Waals surface area contributed by atoms with Crippen molar-refractivity contribution in [3.8, 4) is 0 Å². The highest BCUT2D eigenvalue weighted by atomic mass is 16.3. The average Bonchev–Trinajstić information content (AvgIpc) is 2.09. The zero-order valence-corrected chi connectivity index (χ0v) is 7.14. The first-order valence-corrected chi connectivity index (χ1v) is 4.82. The minimum Gasteiger partial charge on any atom is -0.390 e. The second-order valence-electron chi connectivity index (χ2n) is 5.47. The van der Waals surface area contributed by atoms with Gasteiger partial charge >= 0.3 is 0 Å². The SMILES string of the molecule is CC12CC3CC1CC(O)(C3)C2. The summed E-state index contributed by atoms with van der Waals surface area (Å²) >= 11 is 0. The molecule has 1 nitrogen and oxygen atoms in total. The lowest BCUT2D eigenvalue weighted by atomic mass is 9.75. The van der Waals surface area contributed by atoms with Gasteiger partial charge in [-0.3, -0.25) is 0 Å². The second kappa shape index (κ2) is 1.52. The van der Waals surface area contributed by atoms with E-state index in [0.29, 0.717) is 5.41 Å². The smallest absolute Gasteiger partial charge is 0.0658 e. The zero-order valence-electron chi connectivity index (χ0n) is 7.14. The number of hydrogen-bond acceptors (Lipinski definition) is 1. The molecule has 4 fully saturated rings. The maximum absolute atomic E-state index is 10.1. The number of aliphatic hydroxyl groups is 1. The Labute approximate surface area is 67.8 Å². The van der Waals surface area contributed by atoms with Crippen molar-refractivity contribution >= 4 is 0 Å². The normalized spacial score (nSPS) is 66.0. The van der Waals surface area contributed by atoms with Gasteiger partial charge in [-0.1, -0.05) is 6.92 Å². The Morgan fingerprint density at radius 2 is 2.09 bits per heavy atom. The summed E-state index contributed by atoms with van der Waals surface area (Å²) in [6.07, 6.45) is 6.14. The Kier molecular flexibility index (Phi) is 0.893. The van der Waals surface area contributed by atoms with E-state index in [1.165, 1.54) is 12.8 Å². The molecule has 0 radical (unpaired) electrons. The minimum absolute atomic E-state index is 0.222. The summed E-state index contributed by atoms with van der Waals surface area (Å²) in [7, 11) is 0. The van der Waals surface area contributed by atoms with Crippen LogP contribution >= 0.6 is 0 Å². The summed E-state index contributed by atoms with van der Waals surface area (Å²) in [6, 6.07) is 0. The van der Waals surface area contributed by atoms with Crippen molar-refractivity contribution in [1.29, 1.82) is 0 Å². The fraction of sp³-hybridized carbons (Fsp3) is 1.00. The van der Waals surface area contributed by atoms with Crippen LogP contribution in [0.15, 0.2) is 0 Å². The third-order valence-corrected chi connectivity index (χ3v) is 4.39. The van der Waals surface area contributed by atoms with E-state index < -0.39 is 0 Å². The van der Waals surface area contributed by atoms with E-state index in [9.17, 15) is 5.11 Å². The Hall–Kier alpha value is -0.0400. The lowest BCUT2D eigenvalue weighted by molar-refractivity contribution is -0.0190. The highest BCUT2D eigenvalue weighted by Gasteiger charge is 2.61. The summed E-state index contributed by atoms with van der Waals surface area (Å²) in [4.78, 5) is 0. The van der Waals surface area contributed by atoms with E-state index in [-0.39, 0.29) is 5.60 Å². The third-order valence-electron chi connectivity index (χ3n) is 4.39. The average molecular weight is 152 g/mol. The molecule has 0 saturated heterocycles. The Bertz CT molecular complexity index is 211. The summed E-state index contributed by atoms with van der Waals surface area (Å²) < 4.78 is 0. The molecular formula is C10H16O. The van der Waals surface area contributed by atoms with Crippen LogP contribution in [-0.4, -0.2) is 10.7 Å². The number of hydrogen-bond donors (Lipinski definition) is 1. The van der Waals surface area contributed by atoms with Crippen molar-refractivity contribution in [2.75, 3.05) is 0 Å². The summed E-state index contributed by atoms with van der Waals surface area (Å²) in [6.45, 7) is 2.38. The molecule has 0 amide bonds. The van der Waals surface area contributed by atoms with E-state index in [1.54, 1.807) is 0 Å². The monoisotopic (exact) mass is 152 g/mol. The summed E-state index contributed by atoms with van der Waals surface area (Å²) in [5.74, 6) is 1.74. The van der Waals surface area contributed by atoms with E-state index in [1.807, 2.05) is 0 Å². The maximum atomic E-state index is 10.1. The van der Waals surface area contributed by atoms with E-state index in [0.717, 1.165) is 31.1 Å². The highest BCUT2D eigenvalue weighted by Crippen LogP contribution is 2.66. The Balaban J connectivity index is 2.06. The van der Waals surface area contributed by atoms with Crippen LogP contribution in [-0.2, 0) is 0 Å². The minimum atomic E-state index is -0.222. The van der Waals surface area contributed by atoms with Crippen LogP contribution in [0.2, 0.25) is 0 Å². The molecule has 0 aliphatic heterocycles. The molecule has 1 heteroatoms. The molecule has 0 spiro atoms. The van der Waals surface area contributed by atoms with Crippen molar-refractivity contribution in [1.82, 2.24) is 0 Å². The van der Waals surface area contributed by atoms with Gasteiger partial charge in [-0.15, -0.1) is 0 Å². The lowest BCUT2D eigenvalue weighted by Gasteiger charge is -2.35. The van der Waals surface area contributed by atoms with Crippen LogP contribution in [0.4, 0.5) is 0 Å². The molecule has 4 saturated carbocycles. The molecule has 4 rings (SSSR count). The van der Waals surface area contributed by atoms with Gasteiger partial charge in [-0.25, -0.2) is 0 Å². The van der Waals surface area contributed by atoms with Crippen LogP contribution < -0.4 is 0 Å². The van der Waals surface area contributed by atoms with Crippen molar-refractivity contribution in [3.05, 3.63) is 0 Å². The van der Waals surface area contributed by atoms with Crippen molar-refractivity contribution in [2.45, 2.75) is 44.6 Å². The van der Waals surface area contributed by atoms with E-state index in [4.69, 9.17) is 0 Å². The van der Waals surface area contributed by atoms with Gasteiger partial charge in [0.05, 0.1) is 5.60 Å². The molecule has 0 heterocycles. The summed E-state index contributed by atoms with van der Waals surface area (Å²) in [5, 5.41) is 10.1. The van der Waals surface area contributed by atoms with Crippen molar-refractivity contribution < 1.29 is 5.11 Å². The van der Waals surface area contributed by atoms with Gasteiger partial charge in [0.2, 0.25) is 0 Å². The van der Waals surface area contributed by atoms with Crippen molar-refractivity contribution in [3.63, 3.8) is 0 Å². The largest absolute Gasteiger partial charge is 0.390 e. The van der Waals surface area contributed by atoms with Crippen LogP contribution in [0.5, 0.6) is 0 Å². The molecule has 4 unspecified atom stereocenters. The molecule has 0 aromatic carbocycles. The highest BCUT2D eigenvalue weighted by molar-refractivity contribution is 5.12. The van der Waals surface area contributed by atoms with Crippen LogP contribution in [0.3, 0.4) is 0 Å². The quantitative estimate of drug-likeness (QED) is 0.562. The third kappa shape index (κ3) is 0.658. The maximum Gasteiger partial charge on any atom is 0.0658 e. The molecule has 4 aliphatic rings. The van der Waals surface area contributed by atoms with Gasteiger partial charge in [0, 0.05) is 0 Å². The van der Waals surface area contributed by atoms with Gasteiger partial charge in [-0.2, -0.15) is 0 Å². The topological polar surface area (TPSA) is 20.2 Å². The lowest BCUT2D eigenvalue weighted by Crippen LogP contribution is -2.34. The van der Waals surface area contributed by atoms with Gasteiger partial charge in [0.25, 0.3) is 0 Å². The molecule has 4 aliphatic carbocycles. The first kappa shape index (κ1) is 6.47. The molecule has 0 aromatic heterocycles. The molecule has 0 aromatic rings. The van der Waals surface area contributed by atoms with Gasteiger partial charge in [0.15, 0.2) is 0 Å². The zero-order chi connectivity index (χ0) is 7.69. The molecular weight excluding hydrogens is 136 g/mol. The molecule has 4 bridgehead atoms. The van der Waals surface area contributed by atoms with E-state index >= 15 is 0 Å². The molecule has 11 heavy (non-hydrogen) atoms. The van der Waals surface area contributed by atoms with Gasteiger partial charge in [-0.05, 0) is 49.4 Å². The Morgan fingerprint density at radius 1 is 1.27 bits per heavy atom. The molecule has 4 atom stereocenters. The first-order valence-electron chi connectivity index (χ1n) is 4.82. The molecule has 1 N–H and O–H groups in total. The predicted octanol–water partition coefficient (Wildman–Crippen LogP) is 1.95.